The van der Waals surface area contributed by atoms with Gasteiger partial charge in [0.15, 0.2) is 0 Å². The molecule has 0 aliphatic carbocycles. The first-order valence-corrected chi connectivity index (χ1v) is 10.8. The van der Waals surface area contributed by atoms with Crippen molar-refractivity contribution in [2.45, 2.75) is 13.0 Å². The second-order valence-electron chi connectivity index (χ2n) is 7.85. The van der Waals surface area contributed by atoms with Gasteiger partial charge in [-0.3, -0.25) is 10.2 Å². The van der Waals surface area contributed by atoms with E-state index in [1.165, 1.54) is 0 Å². The Balaban J connectivity index is 1.30. The van der Waals surface area contributed by atoms with Gasteiger partial charge in [0.1, 0.15) is 18.9 Å². The molecule has 0 unspecified atom stereocenters. The molecule has 0 saturated carbocycles. The van der Waals surface area contributed by atoms with E-state index in [0.717, 1.165) is 75.4 Å². The van der Waals surface area contributed by atoms with E-state index in [1.54, 1.807) is 0 Å². The molecule has 32 heavy (non-hydrogen) atoms. The number of carbonyl (C=O) groups is 1. The number of aromatic nitrogens is 2. The van der Waals surface area contributed by atoms with Crippen molar-refractivity contribution < 1.29 is 14.3 Å². The minimum Gasteiger partial charge on any atom is -0.460 e. The van der Waals surface area contributed by atoms with Crippen molar-refractivity contribution in [2.24, 2.45) is 5.73 Å². The standard InChI is InChI=1S/C22H29N7O3/c23-20(24)13-21(30)32-16-17-2-1-3-18(12-17)27-4-6-28(7-5-27)19-14-25-22(26-15-19)29-8-10-31-11-9-29/h1-3,12,14-15H,4-11,13,16H2,(H3,23,24). The van der Waals surface area contributed by atoms with E-state index < -0.39 is 5.97 Å². The van der Waals surface area contributed by atoms with E-state index in [0.29, 0.717) is 0 Å². The number of amidine groups is 1. The van der Waals surface area contributed by atoms with Gasteiger partial charge in [0.05, 0.1) is 31.3 Å². The molecule has 2 aliphatic rings. The molecule has 2 fully saturated rings. The maximum Gasteiger partial charge on any atom is 0.313 e. The summed E-state index contributed by atoms with van der Waals surface area (Å²) >= 11 is 0. The van der Waals surface area contributed by atoms with Crippen LogP contribution in [0.1, 0.15) is 12.0 Å². The van der Waals surface area contributed by atoms with Crippen LogP contribution >= 0.6 is 0 Å². The lowest BCUT2D eigenvalue weighted by molar-refractivity contribution is -0.143. The third-order valence-electron chi connectivity index (χ3n) is 5.57. The van der Waals surface area contributed by atoms with Crippen molar-refractivity contribution in [3.05, 3.63) is 42.2 Å². The van der Waals surface area contributed by atoms with Crippen molar-refractivity contribution in [3.8, 4) is 0 Å². The molecule has 4 rings (SSSR count). The number of morpholine rings is 1. The van der Waals surface area contributed by atoms with Gasteiger partial charge in [-0.2, -0.15) is 0 Å². The molecular weight excluding hydrogens is 410 g/mol. The number of hydrogen-bond acceptors (Lipinski definition) is 9. The number of nitrogens with two attached hydrogens (primary N) is 1. The molecule has 0 amide bonds. The fraction of sp³-hybridized carbons (Fsp3) is 0.455. The summed E-state index contributed by atoms with van der Waals surface area (Å²) in [6.45, 7) is 6.75. The number of nitrogens with zero attached hydrogens (tertiary/aromatic N) is 5. The van der Waals surface area contributed by atoms with Crippen LogP contribution in [0.15, 0.2) is 36.7 Å². The Morgan fingerprint density at radius 2 is 1.66 bits per heavy atom. The normalized spacial score (nSPS) is 16.7. The number of carbonyl (C=O) groups excluding carboxylic acids is 1. The van der Waals surface area contributed by atoms with Crippen molar-refractivity contribution in [1.29, 1.82) is 5.41 Å². The topological polar surface area (TPSA) is 121 Å². The van der Waals surface area contributed by atoms with E-state index in [4.69, 9.17) is 20.6 Å². The quantitative estimate of drug-likeness (QED) is 0.370. The van der Waals surface area contributed by atoms with Gasteiger partial charge in [-0.25, -0.2) is 9.97 Å². The van der Waals surface area contributed by atoms with Gasteiger partial charge in [0.2, 0.25) is 5.95 Å². The number of rotatable bonds is 7. The van der Waals surface area contributed by atoms with E-state index in [2.05, 4.69) is 30.7 Å². The third-order valence-corrected chi connectivity index (χ3v) is 5.57. The Kier molecular flexibility index (Phi) is 7.00. The van der Waals surface area contributed by atoms with Gasteiger partial charge in [0, 0.05) is 45.0 Å². The van der Waals surface area contributed by atoms with Crippen molar-refractivity contribution in [1.82, 2.24) is 9.97 Å². The van der Waals surface area contributed by atoms with Crippen molar-refractivity contribution in [2.75, 3.05) is 67.2 Å². The van der Waals surface area contributed by atoms with E-state index >= 15 is 0 Å². The maximum absolute atomic E-state index is 11.6. The van der Waals surface area contributed by atoms with Crippen LogP contribution in [0.25, 0.3) is 0 Å². The molecule has 10 heteroatoms. The number of ether oxygens (including phenoxy) is 2. The Labute approximate surface area is 187 Å². The number of benzene rings is 1. The average Bonchev–Trinajstić information content (AvgIpc) is 2.83. The Bertz CT molecular complexity index is 923. The van der Waals surface area contributed by atoms with Gasteiger partial charge < -0.3 is 29.9 Å². The highest BCUT2D eigenvalue weighted by molar-refractivity contribution is 5.94. The average molecular weight is 440 g/mol. The van der Waals surface area contributed by atoms with E-state index in [-0.39, 0.29) is 18.9 Å². The molecule has 1 aromatic heterocycles. The summed E-state index contributed by atoms with van der Waals surface area (Å²) in [5.41, 5.74) is 8.28. The number of piperazine rings is 1. The van der Waals surface area contributed by atoms with Gasteiger partial charge in [-0.1, -0.05) is 12.1 Å². The Morgan fingerprint density at radius 1 is 1.00 bits per heavy atom. The molecule has 0 spiro atoms. The van der Waals surface area contributed by atoms with Gasteiger partial charge in [0.25, 0.3) is 0 Å². The predicted molar refractivity (Wildman–Crippen MR) is 122 cm³/mol. The molecule has 0 radical (unpaired) electrons. The fourth-order valence-corrected chi connectivity index (χ4v) is 3.84. The minimum absolute atomic E-state index is 0.173. The van der Waals surface area contributed by atoms with E-state index in [1.807, 2.05) is 30.6 Å². The monoisotopic (exact) mass is 439 g/mol. The molecule has 2 aromatic rings. The van der Waals surface area contributed by atoms with Crippen LogP contribution < -0.4 is 20.4 Å². The first-order valence-electron chi connectivity index (χ1n) is 10.8. The summed E-state index contributed by atoms with van der Waals surface area (Å²) in [4.78, 5) is 27.5. The Morgan fingerprint density at radius 3 is 2.31 bits per heavy atom. The van der Waals surface area contributed by atoms with Crippen molar-refractivity contribution >= 4 is 29.1 Å². The minimum atomic E-state index is -0.488. The molecule has 3 heterocycles. The smallest absolute Gasteiger partial charge is 0.313 e. The molecule has 170 valence electrons. The molecule has 3 N–H and O–H groups in total. The number of hydrogen-bond donors (Lipinski definition) is 2. The summed E-state index contributed by atoms with van der Waals surface area (Å²) in [6.07, 6.45) is 3.63. The zero-order valence-corrected chi connectivity index (χ0v) is 18.1. The van der Waals surface area contributed by atoms with Crippen LogP contribution in [0.3, 0.4) is 0 Å². The first kappa shape index (κ1) is 21.8. The third kappa shape index (κ3) is 5.64. The highest BCUT2D eigenvalue weighted by Crippen LogP contribution is 2.22. The van der Waals surface area contributed by atoms with Crippen LogP contribution in [-0.4, -0.2) is 74.3 Å². The second-order valence-corrected chi connectivity index (χ2v) is 7.85. The maximum atomic E-state index is 11.6. The highest BCUT2D eigenvalue weighted by atomic mass is 16.5. The number of nitrogens with one attached hydrogen (secondary N) is 1. The van der Waals surface area contributed by atoms with Crippen LogP contribution in [-0.2, 0) is 20.9 Å². The predicted octanol–water partition coefficient (Wildman–Crippen LogP) is 1.01. The fourth-order valence-electron chi connectivity index (χ4n) is 3.84. The summed E-state index contributed by atoms with van der Waals surface area (Å²) < 4.78 is 10.6. The van der Waals surface area contributed by atoms with Crippen LogP contribution in [0, 0.1) is 5.41 Å². The molecule has 10 nitrogen and oxygen atoms in total. The summed E-state index contributed by atoms with van der Waals surface area (Å²) in [5.74, 6) is 0.0811. The Hall–Kier alpha value is -3.40. The second kappa shape index (κ2) is 10.3. The van der Waals surface area contributed by atoms with Crippen molar-refractivity contribution in [3.63, 3.8) is 0 Å². The molecule has 1 aromatic carbocycles. The SMILES string of the molecule is N=C(N)CC(=O)OCc1cccc(N2CCN(c3cnc(N4CCOCC4)nc3)CC2)c1. The lowest BCUT2D eigenvalue weighted by atomic mass is 10.1. The number of esters is 1. The molecule has 2 saturated heterocycles. The summed E-state index contributed by atoms with van der Waals surface area (Å²) in [5, 5.41) is 7.16. The molecule has 0 atom stereocenters. The zero-order chi connectivity index (χ0) is 22.3. The van der Waals surface area contributed by atoms with E-state index in [9.17, 15) is 4.79 Å². The van der Waals surface area contributed by atoms with Crippen LogP contribution in [0.2, 0.25) is 0 Å². The summed E-state index contributed by atoms with van der Waals surface area (Å²) in [7, 11) is 0. The van der Waals surface area contributed by atoms with Crippen LogP contribution in [0.4, 0.5) is 17.3 Å². The molecule has 2 aliphatic heterocycles. The lowest BCUT2D eigenvalue weighted by Crippen LogP contribution is -2.46. The lowest BCUT2D eigenvalue weighted by Gasteiger charge is -2.37. The van der Waals surface area contributed by atoms with Gasteiger partial charge >= 0.3 is 5.97 Å². The highest BCUT2D eigenvalue weighted by Gasteiger charge is 2.20. The van der Waals surface area contributed by atoms with Gasteiger partial charge in [-0.05, 0) is 17.7 Å². The first-order chi connectivity index (χ1) is 15.6. The number of anilines is 3. The van der Waals surface area contributed by atoms with Gasteiger partial charge in [-0.15, -0.1) is 0 Å². The molecular formula is C22H29N7O3. The summed E-state index contributed by atoms with van der Waals surface area (Å²) in [6, 6.07) is 8.00. The molecule has 0 bridgehead atoms. The largest absolute Gasteiger partial charge is 0.460 e. The zero-order valence-electron chi connectivity index (χ0n) is 18.1. The van der Waals surface area contributed by atoms with Crippen LogP contribution in [0.5, 0.6) is 0 Å².